The minimum Gasteiger partial charge on any atom is -0.378 e. The molecular weight excluding hydrogens is 278 g/mol. The maximum absolute atomic E-state index is 12.5. The number of likely N-dealkylation sites (N-methyl/N-ethyl adjacent to an activating group) is 2. The number of aryl methyl sites for hydroxylation is 1. The summed E-state index contributed by atoms with van der Waals surface area (Å²) in [5.41, 5.74) is 2.48. The summed E-state index contributed by atoms with van der Waals surface area (Å²) in [5.74, 6) is 0. The normalized spacial score (nSPS) is 14.8. The van der Waals surface area contributed by atoms with E-state index in [1.165, 1.54) is 11.3 Å². The second-order valence-corrected chi connectivity index (χ2v) is 5.67. The fraction of sp³-hybridized carbons (Fsp3) is 0.588. The molecule has 22 heavy (non-hydrogen) atoms. The van der Waals surface area contributed by atoms with Crippen molar-refractivity contribution in [2.45, 2.75) is 13.8 Å². The van der Waals surface area contributed by atoms with E-state index in [1.807, 2.05) is 22.8 Å². The van der Waals surface area contributed by atoms with Crippen molar-refractivity contribution < 1.29 is 9.53 Å². The number of hydrogen-bond acceptors (Lipinski definition) is 3. The molecule has 1 saturated heterocycles. The van der Waals surface area contributed by atoms with E-state index in [2.05, 4.69) is 37.1 Å². The van der Waals surface area contributed by atoms with Crippen molar-refractivity contribution in [1.82, 2.24) is 9.80 Å². The zero-order valence-corrected chi connectivity index (χ0v) is 13.9. The summed E-state index contributed by atoms with van der Waals surface area (Å²) < 4.78 is 5.31. The Balaban J connectivity index is 1.90. The number of benzene rings is 1. The van der Waals surface area contributed by atoms with Gasteiger partial charge in [0.05, 0.1) is 13.2 Å². The van der Waals surface area contributed by atoms with E-state index < -0.39 is 0 Å². The third kappa shape index (κ3) is 4.13. The SMILES string of the molecule is CCN(CCN(C)c1ccccc1C)C(=O)N1CCOCC1. The molecule has 0 radical (unpaired) electrons. The lowest BCUT2D eigenvalue weighted by atomic mass is 10.2. The molecule has 0 unspecified atom stereocenters. The molecule has 1 aromatic carbocycles. The van der Waals surface area contributed by atoms with Crippen molar-refractivity contribution in [1.29, 1.82) is 0 Å². The number of carbonyl (C=O) groups is 1. The molecule has 0 saturated carbocycles. The number of anilines is 1. The number of nitrogens with zero attached hydrogens (tertiary/aromatic N) is 3. The number of morpholine rings is 1. The molecule has 1 aliphatic heterocycles. The van der Waals surface area contributed by atoms with Gasteiger partial charge in [-0.1, -0.05) is 18.2 Å². The molecular formula is C17H27N3O2. The zero-order chi connectivity index (χ0) is 15.9. The highest BCUT2D eigenvalue weighted by Gasteiger charge is 2.21. The minimum atomic E-state index is 0.129. The Morgan fingerprint density at radius 1 is 1.23 bits per heavy atom. The van der Waals surface area contributed by atoms with Crippen LogP contribution in [0.4, 0.5) is 10.5 Å². The van der Waals surface area contributed by atoms with E-state index >= 15 is 0 Å². The fourth-order valence-corrected chi connectivity index (χ4v) is 2.73. The third-order valence-electron chi connectivity index (χ3n) is 4.17. The summed E-state index contributed by atoms with van der Waals surface area (Å²) in [4.78, 5) is 18.5. The van der Waals surface area contributed by atoms with Crippen LogP contribution in [0.2, 0.25) is 0 Å². The van der Waals surface area contributed by atoms with Crippen molar-refractivity contribution in [3.8, 4) is 0 Å². The minimum absolute atomic E-state index is 0.129. The molecule has 2 amide bonds. The third-order valence-corrected chi connectivity index (χ3v) is 4.17. The lowest BCUT2D eigenvalue weighted by Crippen LogP contribution is -2.49. The van der Waals surface area contributed by atoms with Crippen LogP contribution >= 0.6 is 0 Å². The summed E-state index contributed by atoms with van der Waals surface area (Å²) >= 11 is 0. The molecule has 0 atom stereocenters. The van der Waals surface area contributed by atoms with E-state index in [-0.39, 0.29) is 6.03 Å². The summed E-state index contributed by atoms with van der Waals surface area (Å²) in [5, 5.41) is 0. The first-order valence-electron chi connectivity index (χ1n) is 8.02. The van der Waals surface area contributed by atoms with Gasteiger partial charge in [-0.05, 0) is 25.5 Å². The molecule has 1 aliphatic rings. The maximum atomic E-state index is 12.5. The van der Waals surface area contributed by atoms with Crippen molar-refractivity contribution in [2.24, 2.45) is 0 Å². The first-order valence-corrected chi connectivity index (χ1v) is 8.02. The molecule has 2 rings (SSSR count). The monoisotopic (exact) mass is 305 g/mol. The van der Waals surface area contributed by atoms with Gasteiger partial charge in [-0.3, -0.25) is 0 Å². The molecule has 122 valence electrons. The van der Waals surface area contributed by atoms with Gasteiger partial charge in [-0.15, -0.1) is 0 Å². The van der Waals surface area contributed by atoms with Crippen molar-refractivity contribution in [2.75, 3.05) is 57.9 Å². The van der Waals surface area contributed by atoms with Gasteiger partial charge in [0, 0.05) is 45.5 Å². The Labute approximate surface area is 133 Å². The molecule has 1 fully saturated rings. The Kier molecular flexibility index (Phi) is 6.07. The van der Waals surface area contributed by atoms with Gasteiger partial charge in [0.15, 0.2) is 0 Å². The number of carbonyl (C=O) groups excluding carboxylic acids is 1. The first kappa shape index (κ1) is 16.6. The average molecular weight is 305 g/mol. The van der Waals surface area contributed by atoms with Gasteiger partial charge < -0.3 is 19.4 Å². The number of amides is 2. The van der Waals surface area contributed by atoms with Crippen molar-refractivity contribution in [3.05, 3.63) is 29.8 Å². The molecule has 0 aromatic heterocycles. The Morgan fingerprint density at radius 2 is 1.91 bits per heavy atom. The van der Waals surface area contributed by atoms with Gasteiger partial charge in [-0.25, -0.2) is 4.79 Å². The highest BCUT2D eigenvalue weighted by Crippen LogP contribution is 2.17. The highest BCUT2D eigenvalue weighted by atomic mass is 16.5. The van der Waals surface area contributed by atoms with Gasteiger partial charge >= 0.3 is 6.03 Å². The van der Waals surface area contributed by atoms with E-state index in [4.69, 9.17) is 4.74 Å². The number of urea groups is 1. The Hall–Kier alpha value is -1.75. The summed E-state index contributed by atoms with van der Waals surface area (Å²) in [6, 6.07) is 8.46. The quantitative estimate of drug-likeness (QED) is 0.837. The Bertz CT molecular complexity index is 487. The molecule has 5 nitrogen and oxygen atoms in total. The van der Waals surface area contributed by atoms with Crippen LogP contribution in [0.3, 0.4) is 0 Å². The predicted octanol–water partition coefficient (Wildman–Crippen LogP) is 2.21. The van der Waals surface area contributed by atoms with E-state index in [9.17, 15) is 4.79 Å². The highest BCUT2D eigenvalue weighted by molar-refractivity contribution is 5.74. The van der Waals surface area contributed by atoms with Crippen molar-refractivity contribution in [3.63, 3.8) is 0 Å². The van der Waals surface area contributed by atoms with Gasteiger partial charge in [0.2, 0.25) is 0 Å². The largest absolute Gasteiger partial charge is 0.378 e. The van der Waals surface area contributed by atoms with E-state index in [0.29, 0.717) is 26.3 Å². The summed E-state index contributed by atoms with van der Waals surface area (Å²) in [6.45, 7) is 9.13. The average Bonchev–Trinajstić information content (AvgIpc) is 2.56. The summed E-state index contributed by atoms with van der Waals surface area (Å²) in [7, 11) is 2.08. The standard InChI is InChI=1S/C17H27N3O2/c1-4-19(17(21)20-11-13-22-14-12-20)10-9-18(3)16-8-6-5-7-15(16)2/h5-8H,4,9-14H2,1-3H3. The van der Waals surface area contributed by atoms with E-state index in [0.717, 1.165) is 19.6 Å². The number of hydrogen-bond donors (Lipinski definition) is 0. The molecule has 0 aliphatic carbocycles. The molecule has 0 spiro atoms. The van der Waals surface area contributed by atoms with Crippen LogP contribution < -0.4 is 4.90 Å². The molecule has 1 aromatic rings. The van der Waals surface area contributed by atoms with Gasteiger partial charge in [0.25, 0.3) is 0 Å². The van der Waals surface area contributed by atoms with E-state index in [1.54, 1.807) is 0 Å². The number of rotatable bonds is 5. The van der Waals surface area contributed by atoms with Crippen LogP contribution in [0.5, 0.6) is 0 Å². The van der Waals surface area contributed by atoms with Crippen LogP contribution in [0.1, 0.15) is 12.5 Å². The van der Waals surface area contributed by atoms with Crippen LogP contribution in [0.25, 0.3) is 0 Å². The first-order chi connectivity index (χ1) is 10.6. The predicted molar refractivity (Wildman–Crippen MR) is 89.5 cm³/mol. The molecule has 1 heterocycles. The maximum Gasteiger partial charge on any atom is 0.320 e. The Morgan fingerprint density at radius 3 is 2.55 bits per heavy atom. The number of para-hydroxylation sites is 1. The van der Waals surface area contributed by atoms with Crippen LogP contribution in [-0.4, -0.2) is 68.8 Å². The lowest BCUT2D eigenvalue weighted by Gasteiger charge is -2.33. The second-order valence-electron chi connectivity index (χ2n) is 5.67. The lowest BCUT2D eigenvalue weighted by molar-refractivity contribution is 0.0439. The van der Waals surface area contributed by atoms with Gasteiger partial charge in [0.1, 0.15) is 0 Å². The van der Waals surface area contributed by atoms with Crippen molar-refractivity contribution >= 4 is 11.7 Å². The van der Waals surface area contributed by atoms with Crippen LogP contribution in [0.15, 0.2) is 24.3 Å². The molecule has 5 heteroatoms. The number of ether oxygens (including phenoxy) is 1. The topological polar surface area (TPSA) is 36.0 Å². The zero-order valence-electron chi connectivity index (χ0n) is 13.9. The van der Waals surface area contributed by atoms with Crippen LogP contribution in [0, 0.1) is 6.92 Å². The second kappa shape index (κ2) is 8.03. The fourth-order valence-electron chi connectivity index (χ4n) is 2.73. The molecule has 0 N–H and O–H groups in total. The summed E-state index contributed by atoms with van der Waals surface area (Å²) in [6.07, 6.45) is 0. The smallest absolute Gasteiger partial charge is 0.320 e. The van der Waals surface area contributed by atoms with Crippen LogP contribution in [-0.2, 0) is 4.74 Å². The molecule has 0 bridgehead atoms. The van der Waals surface area contributed by atoms with Gasteiger partial charge in [-0.2, -0.15) is 0 Å².